The number of hydrogen-bond acceptors (Lipinski definition) is 10. The number of anilines is 4. The fourth-order valence-electron chi connectivity index (χ4n) is 7.23. The lowest BCUT2D eigenvalue weighted by atomic mass is 10.0. The maximum Gasteiger partial charge on any atom is 0.177 e. The van der Waals surface area contributed by atoms with Crippen LogP contribution in [-0.2, 0) is 23.9 Å². The van der Waals surface area contributed by atoms with E-state index in [-0.39, 0.29) is 10.7 Å². The first-order valence-corrected chi connectivity index (χ1v) is 20.8. The van der Waals surface area contributed by atoms with Crippen molar-refractivity contribution in [2.75, 3.05) is 16.9 Å². The van der Waals surface area contributed by atoms with Crippen molar-refractivity contribution in [1.29, 1.82) is 0 Å². The van der Waals surface area contributed by atoms with E-state index in [0.717, 1.165) is 45.3 Å². The second kappa shape index (κ2) is 15.5. The molecular formula is C45H34ClFN10O2S. The third-order valence-electron chi connectivity index (χ3n) is 10.1. The van der Waals surface area contributed by atoms with Gasteiger partial charge in [-0.1, -0.05) is 23.7 Å². The quantitative estimate of drug-likeness (QED) is 0.159. The minimum absolute atomic E-state index is 0.129. The summed E-state index contributed by atoms with van der Waals surface area (Å²) in [6.45, 7) is 0. The van der Waals surface area contributed by atoms with Crippen molar-refractivity contribution >= 4 is 88.1 Å². The topological polar surface area (TPSA) is 145 Å². The average molecular weight is 833 g/mol. The van der Waals surface area contributed by atoms with E-state index < -0.39 is 9.84 Å². The minimum atomic E-state index is -3.47. The van der Waals surface area contributed by atoms with Crippen LogP contribution in [0.15, 0.2) is 146 Å². The first-order chi connectivity index (χ1) is 29.0. The van der Waals surface area contributed by atoms with E-state index in [4.69, 9.17) is 11.6 Å². The Morgan fingerprint density at radius 3 is 1.88 bits per heavy atom. The number of nitrogens with zero attached hydrogens (tertiary/aromatic N) is 8. The van der Waals surface area contributed by atoms with Crippen molar-refractivity contribution in [2.24, 2.45) is 14.1 Å². The number of fused-ring (bicyclic) bond motifs is 4. The largest absolute Gasteiger partial charge is 0.353 e. The highest BCUT2D eigenvalue weighted by Gasteiger charge is 2.17. The SMILES string of the molecule is Cn1ccc2c(F)cc(-c3cc(Nc4cnccc4S(C)(=O)=O)cc4nccnc34)cc21.Cn1ccc2ccc(-c3cc(Nc4cnccc4Cl)cc4nccnc34)cc21. The highest BCUT2D eigenvalue weighted by atomic mass is 35.5. The van der Waals surface area contributed by atoms with Gasteiger partial charge in [0, 0.05) is 103 Å². The Kier molecular flexibility index (Phi) is 9.86. The van der Waals surface area contributed by atoms with Crippen LogP contribution in [0.5, 0.6) is 0 Å². The predicted octanol–water partition coefficient (Wildman–Crippen LogP) is 10.1. The number of pyridine rings is 2. The minimum Gasteiger partial charge on any atom is -0.353 e. The van der Waals surface area contributed by atoms with E-state index >= 15 is 0 Å². The molecule has 2 N–H and O–H groups in total. The molecule has 0 aliphatic heterocycles. The van der Waals surface area contributed by atoms with Gasteiger partial charge in [0.15, 0.2) is 9.84 Å². The Balaban J connectivity index is 0.000000155. The number of hydrogen-bond donors (Lipinski definition) is 2. The van der Waals surface area contributed by atoms with Crippen molar-refractivity contribution in [3.8, 4) is 22.3 Å². The highest BCUT2D eigenvalue weighted by molar-refractivity contribution is 7.90. The summed E-state index contributed by atoms with van der Waals surface area (Å²) in [4.78, 5) is 26.3. The van der Waals surface area contributed by atoms with E-state index in [1.54, 1.807) is 61.4 Å². The highest BCUT2D eigenvalue weighted by Crippen LogP contribution is 2.36. The third-order valence-corrected chi connectivity index (χ3v) is 11.6. The zero-order valence-corrected chi connectivity index (χ0v) is 33.9. The van der Waals surface area contributed by atoms with Crippen LogP contribution in [0.2, 0.25) is 5.02 Å². The van der Waals surface area contributed by atoms with Crippen LogP contribution in [0.1, 0.15) is 0 Å². The van der Waals surface area contributed by atoms with Crippen molar-refractivity contribution in [1.82, 2.24) is 39.0 Å². The molecular weight excluding hydrogens is 799 g/mol. The zero-order chi connectivity index (χ0) is 41.5. The molecule has 0 amide bonds. The van der Waals surface area contributed by atoms with E-state index in [1.807, 2.05) is 37.0 Å². The Morgan fingerprint density at radius 1 is 0.617 bits per heavy atom. The molecule has 0 atom stereocenters. The van der Waals surface area contributed by atoms with Gasteiger partial charge in [-0.05, 0) is 83.2 Å². The summed E-state index contributed by atoms with van der Waals surface area (Å²) in [5.74, 6) is -0.333. The molecule has 0 fully saturated rings. The van der Waals surface area contributed by atoms with Crippen LogP contribution in [0.25, 0.3) is 66.1 Å². The lowest BCUT2D eigenvalue weighted by Gasteiger charge is -2.14. The first-order valence-electron chi connectivity index (χ1n) is 18.6. The summed E-state index contributed by atoms with van der Waals surface area (Å²) in [7, 11) is 0.436. The van der Waals surface area contributed by atoms with Gasteiger partial charge in [0.1, 0.15) is 5.82 Å². The fourth-order valence-corrected chi connectivity index (χ4v) is 8.19. The molecule has 296 valence electrons. The smallest absolute Gasteiger partial charge is 0.177 e. The maximum atomic E-state index is 14.8. The molecule has 0 spiro atoms. The van der Waals surface area contributed by atoms with Gasteiger partial charge in [-0.2, -0.15) is 0 Å². The van der Waals surface area contributed by atoms with E-state index in [2.05, 4.69) is 81.6 Å². The van der Waals surface area contributed by atoms with Gasteiger partial charge in [-0.3, -0.25) is 29.9 Å². The molecule has 10 aromatic rings. The van der Waals surface area contributed by atoms with Gasteiger partial charge in [0.2, 0.25) is 0 Å². The maximum absolute atomic E-state index is 14.8. The number of nitrogens with one attached hydrogen (secondary N) is 2. The van der Waals surface area contributed by atoms with Crippen LogP contribution in [0.4, 0.5) is 27.1 Å². The number of rotatable bonds is 7. The molecule has 0 bridgehead atoms. The normalized spacial score (nSPS) is 11.6. The number of aromatic nitrogens is 8. The molecule has 6 heterocycles. The standard InChI is InChI=1S/C23H18FN5O2S.C22H16ClN5/c1-29-8-4-16-18(24)9-14(10-21(16)29)17-11-15(12-19-23(17)27-7-6-26-19)28-20-13-25-5-3-22(20)32(2,30)31;1-28-9-5-14-2-3-15(10-21(14)28)17-11-16(12-19-22(17)26-8-7-25-19)27-20-13-24-6-4-18(20)23/h3-13,28H,1-2H3;2-13,27H,1H3. The lowest BCUT2D eigenvalue weighted by molar-refractivity contribution is 0.602. The second-order valence-electron chi connectivity index (χ2n) is 14.2. The monoisotopic (exact) mass is 832 g/mol. The summed E-state index contributed by atoms with van der Waals surface area (Å²) in [6, 6.07) is 24.5. The lowest BCUT2D eigenvalue weighted by Crippen LogP contribution is -2.03. The molecule has 15 heteroatoms. The van der Waals surface area contributed by atoms with Crippen molar-refractivity contribution in [2.45, 2.75) is 4.90 Å². The summed E-state index contributed by atoms with van der Waals surface area (Å²) in [5.41, 5.74) is 10.7. The number of benzene rings is 4. The van der Waals surface area contributed by atoms with Crippen molar-refractivity contribution in [3.63, 3.8) is 0 Å². The van der Waals surface area contributed by atoms with Gasteiger partial charge >= 0.3 is 0 Å². The average Bonchev–Trinajstić information content (AvgIpc) is 3.82. The zero-order valence-electron chi connectivity index (χ0n) is 32.3. The second-order valence-corrected chi connectivity index (χ2v) is 16.6. The Morgan fingerprint density at radius 2 is 1.20 bits per heavy atom. The molecule has 0 radical (unpaired) electrons. The Labute approximate surface area is 348 Å². The number of halogens is 2. The van der Waals surface area contributed by atoms with Gasteiger partial charge < -0.3 is 19.8 Å². The van der Waals surface area contributed by atoms with Gasteiger partial charge in [0.25, 0.3) is 0 Å². The van der Waals surface area contributed by atoms with Gasteiger partial charge in [-0.25, -0.2) is 12.8 Å². The molecule has 6 aromatic heterocycles. The molecule has 0 aliphatic carbocycles. The van der Waals surface area contributed by atoms with Gasteiger partial charge in [0.05, 0.1) is 61.3 Å². The van der Waals surface area contributed by atoms with E-state index in [0.29, 0.717) is 43.9 Å². The van der Waals surface area contributed by atoms with Crippen LogP contribution < -0.4 is 10.6 Å². The Bertz CT molecular complexity index is 3390. The van der Waals surface area contributed by atoms with Crippen LogP contribution in [-0.4, -0.2) is 53.7 Å². The first kappa shape index (κ1) is 38.2. The summed E-state index contributed by atoms with van der Waals surface area (Å²) in [6.07, 6.45) is 17.8. The number of aryl methyl sites for hydroxylation is 2. The molecule has 10 rings (SSSR count). The molecule has 60 heavy (non-hydrogen) atoms. The molecule has 0 aliphatic rings. The summed E-state index contributed by atoms with van der Waals surface area (Å²) in [5, 5.41) is 8.84. The fraction of sp³-hybridized carbons (Fsp3) is 0.0667. The van der Waals surface area contributed by atoms with Crippen LogP contribution >= 0.6 is 11.6 Å². The van der Waals surface area contributed by atoms with Crippen molar-refractivity contribution < 1.29 is 12.8 Å². The molecule has 4 aromatic carbocycles. The molecule has 12 nitrogen and oxygen atoms in total. The van der Waals surface area contributed by atoms with E-state index in [1.165, 1.54) is 35.4 Å². The van der Waals surface area contributed by atoms with E-state index in [9.17, 15) is 12.8 Å². The van der Waals surface area contributed by atoms with Crippen LogP contribution in [0, 0.1) is 5.82 Å². The third kappa shape index (κ3) is 7.45. The molecule has 0 unspecified atom stereocenters. The predicted molar refractivity (Wildman–Crippen MR) is 236 cm³/mol. The molecule has 0 saturated heterocycles. The van der Waals surface area contributed by atoms with Gasteiger partial charge in [-0.15, -0.1) is 0 Å². The summed E-state index contributed by atoms with van der Waals surface area (Å²) < 4.78 is 43.2. The van der Waals surface area contributed by atoms with Crippen LogP contribution in [0.3, 0.4) is 0 Å². The van der Waals surface area contributed by atoms with Crippen molar-refractivity contribution in [3.05, 3.63) is 152 Å². The molecule has 0 saturated carbocycles. The Hall–Kier alpha value is -7.29. The summed E-state index contributed by atoms with van der Waals surface area (Å²) >= 11 is 6.29. The number of sulfone groups is 1.